The van der Waals surface area contributed by atoms with Crippen molar-refractivity contribution in [3.05, 3.63) is 58.5 Å². The maximum Gasteiger partial charge on any atom is 0.136 e. The van der Waals surface area contributed by atoms with Gasteiger partial charge in [-0.1, -0.05) is 18.3 Å². The highest BCUT2D eigenvalue weighted by atomic mass is 32.1. The minimum Gasteiger partial charge on any atom is -0.389 e. The Morgan fingerprint density at radius 1 is 1.29 bits per heavy atom. The quantitative estimate of drug-likeness (QED) is 0.833. The molecule has 2 aromatic rings. The van der Waals surface area contributed by atoms with Gasteiger partial charge in [-0.3, -0.25) is 0 Å². The SMILES string of the molecule is Cc1ccc(C(N)=S)c(NCCc2ccc(F)cc2C)n1. The molecule has 0 amide bonds. The molecular weight excluding hydrogens is 285 g/mol. The zero-order valence-corrected chi connectivity index (χ0v) is 12.9. The Morgan fingerprint density at radius 3 is 2.71 bits per heavy atom. The first-order chi connectivity index (χ1) is 9.97. The van der Waals surface area contributed by atoms with E-state index in [0.717, 1.165) is 28.8 Å². The minimum absolute atomic E-state index is 0.208. The molecule has 0 aliphatic carbocycles. The number of benzene rings is 1. The third-order valence-electron chi connectivity index (χ3n) is 3.29. The number of aromatic nitrogens is 1. The second-order valence-corrected chi connectivity index (χ2v) is 5.40. The lowest BCUT2D eigenvalue weighted by molar-refractivity contribution is 0.625. The number of nitrogens with two attached hydrogens (primary N) is 1. The summed E-state index contributed by atoms with van der Waals surface area (Å²) in [6.07, 6.45) is 0.776. The van der Waals surface area contributed by atoms with Crippen LogP contribution in [0.5, 0.6) is 0 Å². The van der Waals surface area contributed by atoms with Gasteiger partial charge >= 0.3 is 0 Å². The first-order valence-corrected chi connectivity index (χ1v) is 7.14. The molecule has 0 spiro atoms. The average molecular weight is 303 g/mol. The van der Waals surface area contributed by atoms with Gasteiger partial charge in [0.05, 0.1) is 5.56 Å². The van der Waals surface area contributed by atoms with Crippen LogP contribution in [0, 0.1) is 19.7 Å². The first kappa shape index (κ1) is 15.4. The number of aryl methyl sites for hydroxylation is 2. The van der Waals surface area contributed by atoms with Crippen LogP contribution in [-0.4, -0.2) is 16.5 Å². The Balaban J connectivity index is 2.06. The summed E-state index contributed by atoms with van der Waals surface area (Å²) in [7, 11) is 0. The Bertz CT molecular complexity index is 671. The van der Waals surface area contributed by atoms with Gasteiger partial charge in [0.2, 0.25) is 0 Å². The van der Waals surface area contributed by atoms with Crippen molar-refractivity contribution in [1.29, 1.82) is 0 Å². The Hall–Kier alpha value is -2.01. The van der Waals surface area contributed by atoms with Crippen LogP contribution < -0.4 is 11.1 Å². The lowest BCUT2D eigenvalue weighted by atomic mass is 10.1. The van der Waals surface area contributed by atoms with Gasteiger partial charge in [0.1, 0.15) is 16.6 Å². The summed E-state index contributed by atoms with van der Waals surface area (Å²) in [5.74, 6) is 0.489. The number of nitrogens with one attached hydrogen (secondary N) is 1. The van der Waals surface area contributed by atoms with Crippen molar-refractivity contribution in [2.75, 3.05) is 11.9 Å². The van der Waals surface area contributed by atoms with Gasteiger partial charge in [0.25, 0.3) is 0 Å². The van der Waals surface area contributed by atoms with Crippen molar-refractivity contribution >= 4 is 23.0 Å². The second kappa shape index (κ2) is 6.63. The third kappa shape index (κ3) is 3.98. The molecule has 3 nitrogen and oxygen atoms in total. The summed E-state index contributed by atoms with van der Waals surface area (Å²) in [6, 6.07) is 8.58. The molecule has 0 saturated carbocycles. The number of nitrogens with zero attached hydrogens (tertiary/aromatic N) is 1. The smallest absolute Gasteiger partial charge is 0.136 e. The fourth-order valence-corrected chi connectivity index (χ4v) is 2.31. The van der Waals surface area contributed by atoms with Gasteiger partial charge in [-0.2, -0.15) is 0 Å². The summed E-state index contributed by atoms with van der Waals surface area (Å²) in [5, 5.41) is 3.25. The maximum absolute atomic E-state index is 13.1. The molecule has 0 atom stereocenters. The lowest BCUT2D eigenvalue weighted by Crippen LogP contribution is -2.16. The number of thiocarbonyl (C=S) groups is 1. The van der Waals surface area contributed by atoms with Crippen LogP contribution in [-0.2, 0) is 6.42 Å². The normalized spacial score (nSPS) is 10.4. The topological polar surface area (TPSA) is 50.9 Å². The van der Waals surface area contributed by atoms with Crippen molar-refractivity contribution in [1.82, 2.24) is 4.98 Å². The van der Waals surface area contributed by atoms with Gasteiger partial charge in [0, 0.05) is 12.2 Å². The van der Waals surface area contributed by atoms with Gasteiger partial charge < -0.3 is 11.1 Å². The number of halogens is 1. The first-order valence-electron chi connectivity index (χ1n) is 6.73. The Labute approximate surface area is 129 Å². The number of pyridine rings is 1. The van der Waals surface area contributed by atoms with E-state index < -0.39 is 0 Å². The van der Waals surface area contributed by atoms with E-state index in [4.69, 9.17) is 18.0 Å². The highest BCUT2D eigenvalue weighted by Gasteiger charge is 2.07. The third-order valence-corrected chi connectivity index (χ3v) is 3.51. The predicted octanol–water partition coefficient (Wildman–Crippen LogP) is 3.13. The van der Waals surface area contributed by atoms with E-state index in [-0.39, 0.29) is 5.82 Å². The Morgan fingerprint density at radius 2 is 2.05 bits per heavy atom. The molecule has 1 aromatic heterocycles. The standard InChI is InChI=1S/C16H18FN3S/c1-10-9-13(17)5-4-12(10)7-8-19-16-14(15(18)21)6-3-11(2)20-16/h3-6,9H,7-8H2,1-2H3,(H2,18,21)(H,19,20). The largest absolute Gasteiger partial charge is 0.389 e. The van der Waals surface area contributed by atoms with Crippen molar-refractivity contribution < 1.29 is 4.39 Å². The fourth-order valence-electron chi connectivity index (χ4n) is 2.15. The van der Waals surface area contributed by atoms with Crippen LogP contribution in [0.3, 0.4) is 0 Å². The molecule has 1 heterocycles. The summed E-state index contributed by atoms with van der Waals surface area (Å²) >= 11 is 5.03. The van der Waals surface area contributed by atoms with Crippen molar-refractivity contribution in [3.63, 3.8) is 0 Å². The molecule has 0 saturated heterocycles. The summed E-state index contributed by atoms with van der Waals surface area (Å²) < 4.78 is 13.1. The van der Waals surface area contributed by atoms with E-state index in [1.807, 2.05) is 32.0 Å². The molecular formula is C16H18FN3S. The Kier molecular flexibility index (Phi) is 4.85. The van der Waals surface area contributed by atoms with E-state index in [2.05, 4.69) is 10.3 Å². The molecule has 1 aromatic carbocycles. The van der Waals surface area contributed by atoms with Crippen LogP contribution in [0.1, 0.15) is 22.4 Å². The highest BCUT2D eigenvalue weighted by Crippen LogP contribution is 2.15. The molecule has 0 unspecified atom stereocenters. The molecule has 0 fully saturated rings. The van der Waals surface area contributed by atoms with Crippen LogP contribution >= 0.6 is 12.2 Å². The van der Waals surface area contributed by atoms with Crippen LogP contribution in [0.2, 0.25) is 0 Å². The van der Waals surface area contributed by atoms with E-state index in [1.165, 1.54) is 6.07 Å². The van der Waals surface area contributed by atoms with Crippen LogP contribution in [0.25, 0.3) is 0 Å². The summed E-state index contributed by atoms with van der Waals surface area (Å²) in [6.45, 7) is 4.50. The van der Waals surface area contributed by atoms with E-state index >= 15 is 0 Å². The monoisotopic (exact) mass is 303 g/mol. The van der Waals surface area contributed by atoms with Gasteiger partial charge in [0.15, 0.2) is 0 Å². The lowest BCUT2D eigenvalue weighted by Gasteiger charge is -2.12. The van der Waals surface area contributed by atoms with Crippen molar-refractivity contribution in [2.45, 2.75) is 20.3 Å². The zero-order chi connectivity index (χ0) is 15.4. The van der Waals surface area contributed by atoms with Gasteiger partial charge in [-0.15, -0.1) is 0 Å². The van der Waals surface area contributed by atoms with E-state index in [1.54, 1.807) is 6.07 Å². The zero-order valence-electron chi connectivity index (χ0n) is 12.1. The van der Waals surface area contributed by atoms with Crippen LogP contribution in [0.4, 0.5) is 10.2 Å². The highest BCUT2D eigenvalue weighted by molar-refractivity contribution is 7.80. The number of rotatable bonds is 5. The number of anilines is 1. The summed E-state index contributed by atoms with van der Waals surface area (Å²) in [4.78, 5) is 4.75. The molecule has 21 heavy (non-hydrogen) atoms. The molecule has 0 aliphatic heterocycles. The predicted molar refractivity (Wildman–Crippen MR) is 88.2 cm³/mol. The molecule has 0 radical (unpaired) electrons. The van der Waals surface area contributed by atoms with Crippen LogP contribution in [0.15, 0.2) is 30.3 Å². The molecule has 0 aliphatic rings. The number of hydrogen-bond acceptors (Lipinski definition) is 3. The fraction of sp³-hybridized carbons (Fsp3) is 0.250. The van der Waals surface area contributed by atoms with E-state index in [9.17, 15) is 4.39 Å². The molecule has 5 heteroatoms. The molecule has 0 bridgehead atoms. The van der Waals surface area contributed by atoms with Crippen molar-refractivity contribution in [3.8, 4) is 0 Å². The van der Waals surface area contributed by atoms with E-state index in [0.29, 0.717) is 17.4 Å². The number of hydrogen-bond donors (Lipinski definition) is 2. The van der Waals surface area contributed by atoms with Gasteiger partial charge in [-0.25, -0.2) is 9.37 Å². The summed E-state index contributed by atoms with van der Waals surface area (Å²) in [5.41, 5.74) is 9.39. The van der Waals surface area contributed by atoms with Crippen molar-refractivity contribution in [2.24, 2.45) is 5.73 Å². The average Bonchev–Trinajstić information content (AvgIpc) is 2.41. The second-order valence-electron chi connectivity index (χ2n) is 4.96. The minimum atomic E-state index is -0.208. The molecule has 110 valence electrons. The van der Waals surface area contributed by atoms with Gasteiger partial charge in [-0.05, 0) is 55.7 Å². The molecule has 2 rings (SSSR count). The maximum atomic E-state index is 13.1. The molecule has 3 N–H and O–H groups in total.